The van der Waals surface area contributed by atoms with Gasteiger partial charge in [0.25, 0.3) is 0 Å². The zero-order valence-electron chi connectivity index (χ0n) is 10.2. The molecule has 1 unspecified atom stereocenters. The lowest BCUT2D eigenvalue weighted by atomic mass is 9.95. The summed E-state index contributed by atoms with van der Waals surface area (Å²) in [6, 6.07) is 2.10. The molecule has 16 heavy (non-hydrogen) atoms. The van der Waals surface area contributed by atoms with Crippen LogP contribution < -0.4 is 10.6 Å². The maximum Gasteiger partial charge on any atom is 0.128 e. The van der Waals surface area contributed by atoms with E-state index in [1.807, 2.05) is 6.92 Å². The van der Waals surface area contributed by atoms with Crippen LogP contribution in [-0.4, -0.2) is 18.1 Å². The summed E-state index contributed by atoms with van der Waals surface area (Å²) in [5.41, 5.74) is 7.70. The van der Waals surface area contributed by atoms with Gasteiger partial charge in [-0.15, -0.1) is 0 Å². The number of aryl methyl sites for hydroxylation is 1. The SMILES string of the molecule is CCC1CCCN(c2cc(C)c(N)cn2)C1. The lowest BCUT2D eigenvalue weighted by Crippen LogP contribution is -2.35. The van der Waals surface area contributed by atoms with Gasteiger partial charge in [-0.2, -0.15) is 0 Å². The highest BCUT2D eigenvalue weighted by molar-refractivity contribution is 5.52. The van der Waals surface area contributed by atoms with Crippen molar-refractivity contribution in [1.82, 2.24) is 4.98 Å². The average Bonchev–Trinajstić information content (AvgIpc) is 2.33. The molecule has 0 bridgehead atoms. The second-order valence-electron chi connectivity index (χ2n) is 4.76. The summed E-state index contributed by atoms with van der Waals surface area (Å²) >= 11 is 0. The number of nitrogens with zero attached hydrogens (tertiary/aromatic N) is 2. The zero-order chi connectivity index (χ0) is 11.5. The van der Waals surface area contributed by atoms with Crippen molar-refractivity contribution in [3.63, 3.8) is 0 Å². The Bertz CT molecular complexity index is 362. The number of hydrogen-bond acceptors (Lipinski definition) is 3. The van der Waals surface area contributed by atoms with Crippen LogP contribution in [0.15, 0.2) is 12.3 Å². The monoisotopic (exact) mass is 219 g/mol. The van der Waals surface area contributed by atoms with Gasteiger partial charge in [0.2, 0.25) is 0 Å². The second-order valence-corrected chi connectivity index (χ2v) is 4.76. The first-order chi connectivity index (χ1) is 7.70. The Morgan fingerprint density at radius 2 is 2.38 bits per heavy atom. The summed E-state index contributed by atoms with van der Waals surface area (Å²) in [5, 5.41) is 0. The van der Waals surface area contributed by atoms with E-state index in [9.17, 15) is 0 Å². The number of hydrogen-bond donors (Lipinski definition) is 1. The molecule has 0 aliphatic carbocycles. The van der Waals surface area contributed by atoms with Gasteiger partial charge in [-0.05, 0) is 37.3 Å². The van der Waals surface area contributed by atoms with Crippen LogP contribution in [0.25, 0.3) is 0 Å². The summed E-state index contributed by atoms with van der Waals surface area (Å²) in [4.78, 5) is 6.83. The molecule has 1 aromatic heterocycles. The van der Waals surface area contributed by atoms with Gasteiger partial charge in [0.05, 0.1) is 11.9 Å². The molecule has 0 spiro atoms. The van der Waals surface area contributed by atoms with Crippen molar-refractivity contribution >= 4 is 11.5 Å². The minimum Gasteiger partial charge on any atom is -0.397 e. The van der Waals surface area contributed by atoms with Gasteiger partial charge in [0.1, 0.15) is 5.82 Å². The van der Waals surface area contributed by atoms with Gasteiger partial charge < -0.3 is 10.6 Å². The molecule has 1 aromatic rings. The Hall–Kier alpha value is -1.25. The van der Waals surface area contributed by atoms with E-state index >= 15 is 0 Å². The van der Waals surface area contributed by atoms with Crippen molar-refractivity contribution in [3.05, 3.63) is 17.8 Å². The zero-order valence-corrected chi connectivity index (χ0v) is 10.2. The van der Waals surface area contributed by atoms with E-state index in [1.165, 1.54) is 19.3 Å². The predicted octanol–water partition coefficient (Wildman–Crippen LogP) is 2.60. The fourth-order valence-corrected chi connectivity index (χ4v) is 2.33. The first kappa shape index (κ1) is 11.2. The van der Waals surface area contributed by atoms with E-state index in [4.69, 9.17) is 5.73 Å². The third kappa shape index (κ3) is 2.29. The molecule has 3 nitrogen and oxygen atoms in total. The highest BCUT2D eigenvalue weighted by Gasteiger charge is 2.19. The largest absolute Gasteiger partial charge is 0.397 e. The fraction of sp³-hybridized carbons (Fsp3) is 0.615. The van der Waals surface area contributed by atoms with E-state index in [0.29, 0.717) is 0 Å². The fourth-order valence-electron chi connectivity index (χ4n) is 2.33. The van der Waals surface area contributed by atoms with Gasteiger partial charge in [-0.1, -0.05) is 13.3 Å². The Morgan fingerprint density at radius 3 is 3.06 bits per heavy atom. The number of pyridine rings is 1. The molecular weight excluding hydrogens is 198 g/mol. The van der Waals surface area contributed by atoms with Crippen LogP contribution >= 0.6 is 0 Å². The molecular formula is C13H21N3. The Morgan fingerprint density at radius 1 is 1.56 bits per heavy atom. The van der Waals surface area contributed by atoms with Crippen molar-refractivity contribution in [2.24, 2.45) is 5.92 Å². The quantitative estimate of drug-likeness (QED) is 0.831. The lowest BCUT2D eigenvalue weighted by molar-refractivity contribution is 0.403. The third-order valence-corrected chi connectivity index (χ3v) is 3.56. The Kier molecular flexibility index (Phi) is 3.32. The van der Waals surface area contributed by atoms with Gasteiger partial charge in [0, 0.05) is 13.1 Å². The highest BCUT2D eigenvalue weighted by atomic mass is 15.2. The minimum atomic E-state index is 0.785. The number of nitrogens with two attached hydrogens (primary N) is 1. The molecule has 0 saturated carbocycles. The molecule has 1 saturated heterocycles. The highest BCUT2D eigenvalue weighted by Crippen LogP contribution is 2.24. The molecule has 1 atom stereocenters. The van der Waals surface area contributed by atoms with Crippen LogP contribution in [-0.2, 0) is 0 Å². The molecule has 1 fully saturated rings. The standard InChI is InChI=1S/C13H21N3/c1-3-11-5-4-6-16(9-11)13-7-10(2)12(14)8-15-13/h7-8,11H,3-6,9,14H2,1-2H3. The van der Waals surface area contributed by atoms with Crippen LogP contribution in [0.1, 0.15) is 31.7 Å². The topological polar surface area (TPSA) is 42.1 Å². The maximum absolute atomic E-state index is 5.79. The maximum atomic E-state index is 5.79. The van der Waals surface area contributed by atoms with Gasteiger partial charge in [0.15, 0.2) is 0 Å². The summed E-state index contributed by atoms with van der Waals surface area (Å²) in [7, 11) is 0. The minimum absolute atomic E-state index is 0.785. The number of piperidine rings is 1. The molecule has 0 aromatic carbocycles. The molecule has 1 aliphatic rings. The first-order valence-corrected chi connectivity index (χ1v) is 6.17. The number of aromatic nitrogens is 1. The summed E-state index contributed by atoms with van der Waals surface area (Å²) in [6.45, 7) is 6.59. The van der Waals surface area contributed by atoms with Crippen LogP contribution in [0.5, 0.6) is 0 Å². The van der Waals surface area contributed by atoms with Crippen molar-refractivity contribution in [3.8, 4) is 0 Å². The summed E-state index contributed by atoms with van der Waals surface area (Å²) < 4.78 is 0. The molecule has 2 N–H and O–H groups in total. The van der Waals surface area contributed by atoms with E-state index in [-0.39, 0.29) is 0 Å². The van der Waals surface area contributed by atoms with Crippen LogP contribution in [0.2, 0.25) is 0 Å². The van der Waals surface area contributed by atoms with Gasteiger partial charge in [-0.25, -0.2) is 4.98 Å². The molecule has 88 valence electrons. The number of anilines is 2. The van der Waals surface area contributed by atoms with Gasteiger partial charge in [-0.3, -0.25) is 0 Å². The van der Waals surface area contributed by atoms with Crippen LogP contribution in [0.3, 0.4) is 0 Å². The van der Waals surface area contributed by atoms with E-state index < -0.39 is 0 Å². The summed E-state index contributed by atoms with van der Waals surface area (Å²) in [5.74, 6) is 1.92. The molecule has 3 heteroatoms. The number of nitrogen functional groups attached to an aromatic ring is 1. The molecule has 2 heterocycles. The predicted molar refractivity (Wildman–Crippen MR) is 68.6 cm³/mol. The Labute approximate surface area is 97.7 Å². The van der Waals surface area contributed by atoms with Crippen molar-refractivity contribution in [1.29, 1.82) is 0 Å². The van der Waals surface area contributed by atoms with Crippen LogP contribution in [0.4, 0.5) is 11.5 Å². The van der Waals surface area contributed by atoms with Gasteiger partial charge >= 0.3 is 0 Å². The van der Waals surface area contributed by atoms with Crippen LogP contribution in [0, 0.1) is 12.8 Å². The second kappa shape index (κ2) is 4.73. The normalized spacial score (nSPS) is 21.1. The van der Waals surface area contributed by atoms with Crippen molar-refractivity contribution in [2.45, 2.75) is 33.1 Å². The molecule has 2 rings (SSSR count). The molecule has 1 aliphatic heterocycles. The summed E-state index contributed by atoms with van der Waals surface area (Å²) in [6.07, 6.45) is 5.69. The first-order valence-electron chi connectivity index (χ1n) is 6.17. The smallest absolute Gasteiger partial charge is 0.128 e. The molecule has 0 amide bonds. The van der Waals surface area contributed by atoms with E-state index in [0.717, 1.165) is 36.1 Å². The number of rotatable bonds is 2. The van der Waals surface area contributed by atoms with Crippen molar-refractivity contribution in [2.75, 3.05) is 23.7 Å². The Balaban J connectivity index is 2.13. The van der Waals surface area contributed by atoms with E-state index in [2.05, 4.69) is 22.9 Å². The molecule has 0 radical (unpaired) electrons. The third-order valence-electron chi connectivity index (χ3n) is 3.56. The van der Waals surface area contributed by atoms with E-state index in [1.54, 1.807) is 6.20 Å². The van der Waals surface area contributed by atoms with Crippen molar-refractivity contribution < 1.29 is 0 Å². The lowest BCUT2D eigenvalue weighted by Gasteiger charge is -2.33. The average molecular weight is 219 g/mol.